The molecular formula is C58H67BN2S. The number of thiophene rings is 1. The third-order valence-corrected chi connectivity index (χ3v) is 17.2. The van der Waals surface area contributed by atoms with Gasteiger partial charge >= 0.3 is 0 Å². The van der Waals surface area contributed by atoms with Crippen molar-refractivity contribution in [1.29, 1.82) is 0 Å². The largest absolute Gasteiger partial charge is 0.311 e. The number of hydrogen-bond donors (Lipinski definition) is 0. The Morgan fingerprint density at radius 3 is 1.53 bits per heavy atom. The van der Waals surface area contributed by atoms with E-state index in [4.69, 9.17) is 0 Å². The van der Waals surface area contributed by atoms with Gasteiger partial charge in [0.25, 0.3) is 6.71 Å². The lowest BCUT2D eigenvalue weighted by Gasteiger charge is -2.47. The maximum absolute atomic E-state index is 2.72. The maximum Gasteiger partial charge on any atom is 0.264 e. The second-order valence-electron chi connectivity index (χ2n) is 24.0. The molecule has 2 aliphatic heterocycles. The summed E-state index contributed by atoms with van der Waals surface area (Å²) in [6.45, 7) is 34.1. The molecule has 0 spiro atoms. The zero-order valence-corrected chi connectivity index (χ0v) is 40.8. The van der Waals surface area contributed by atoms with Crippen LogP contribution in [0.25, 0.3) is 11.1 Å². The lowest BCUT2D eigenvalue weighted by Crippen LogP contribution is -2.61. The van der Waals surface area contributed by atoms with Gasteiger partial charge in [0, 0.05) is 38.1 Å². The summed E-state index contributed by atoms with van der Waals surface area (Å²) in [5.41, 5.74) is 20.9. The summed E-state index contributed by atoms with van der Waals surface area (Å²) in [6, 6.07) is 40.7. The number of hydrogen-bond acceptors (Lipinski definition) is 3. The Balaban J connectivity index is 1.37. The molecule has 0 fully saturated rings. The van der Waals surface area contributed by atoms with Gasteiger partial charge in [-0.3, -0.25) is 0 Å². The lowest BCUT2D eigenvalue weighted by molar-refractivity contribution is 0.332. The number of fused-ring (bicyclic) bond motifs is 7. The van der Waals surface area contributed by atoms with E-state index in [1.54, 1.807) is 10.4 Å². The molecule has 10 rings (SSSR count). The van der Waals surface area contributed by atoms with E-state index in [-0.39, 0.29) is 39.2 Å². The van der Waals surface area contributed by atoms with Crippen molar-refractivity contribution in [2.45, 2.75) is 155 Å². The highest BCUT2D eigenvalue weighted by atomic mass is 32.1. The number of rotatable bonds is 3. The molecule has 0 saturated carbocycles. The Hall–Kier alpha value is -4.54. The molecule has 0 saturated heterocycles. The summed E-state index contributed by atoms with van der Waals surface area (Å²) < 4.78 is 1.51. The minimum absolute atomic E-state index is 0.0239. The molecule has 62 heavy (non-hydrogen) atoms. The highest BCUT2D eigenvalue weighted by molar-refractivity contribution is 7.29. The van der Waals surface area contributed by atoms with Crippen LogP contribution < -0.4 is 25.5 Å². The molecule has 3 heterocycles. The maximum atomic E-state index is 2.72. The van der Waals surface area contributed by atoms with Gasteiger partial charge in [-0.05, 0) is 151 Å². The number of benzene rings is 5. The first-order chi connectivity index (χ1) is 29.0. The monoisotopic (exact) mass is 835 g/mol. The Bertz CT molecular complexity index is 2750. The summed E-state index contributed by atoms with van der Waals surface area (Å²) in [5, 5.41) is 0. The molecule has 2 nitrogen and oxygen atoms in total. The van der Waals surface area contributed by atoms with Crippen molar-refractivity contribution < 1.29 is 0 Å². The number of anilines is 6. The minimum Gasteiger partial charge on any atom is -0.311 e. The Morgan fingerprint density at radius 1 is 0.500 bits per heavy atom. The molecule has 0 amide bonds. The van der Waals surface area contributed by atoms with Crippen LogP contribution in [-0.4, -0.2) is 6.71 Å². The smallest absolute Gasteiger partial charge is 0.264 e. The predicted octanol–water partition coefficient (Wildman–Crippen LogP) is 14.8. The second-order valence-corrected chi connectivity index (χ2v) is 25.1. The van der Waals surface area contributed by atoms with Crippen molar-refractivity contribution in [2.75, 3.05) is 9.80 Å². The van der Waals surface area contributed by atoms with Gasteiger partial charge in [-0.1, -0.05) is 158 Å². The van der Waals surface area contributed by atoms with E-state index in [2.05, 4.69) is 221 Å². The van der Waals surface area contributed by atoms with Crippen LogP contribution in [0.4, 0.5) is 34.1 Å². The highest BCUT2D eigenvalue weighted by Crippen LogP contribution is 2.57. The molecule has 0 radical (unpaired) electrons. The van der Waals surface area contributed by atoms with Gasteiger partial charge in [0.15, 0.2) is 0 Å². The van der Waals surface area contributed by atoms with E-state index in [9.17, 15) is 0 Å². The molecule has 5 aromatic carbocycles. The molecule has 318 valence electrons. The summed E-state index contributed by atoms with van der Waals surface area (Å²) in [6.07, 6.45) is 4.74. The normalized spacial score (nSPS) is 19.0. The summed E-state index contributed by atoms with van der Waals surface area (Å²) in [7, 11) is 0. The van der Waals surface area contributed by atoms with Gasteiger partial charge in [-0.2, -0.15) is 11.3 Å². The zero-order chi connectivity index (χ0) is 44.1. The second kappa shape index (κ2) is 13.5. The first kappa shape index (κ1) is 41.5. The average molecular weight is 835 g/mol. The number of nitrogens with zero attached hydrogens (tertiary/aromatic N) is 2. The summed E-state index contributed by atoms with van der Waals surface area (Å²) in [4.78, 5) is 6.96. The van der Waals surface area contributed by atoms with Gasteiger partial charge in [-0.15, -0.1) is 0 Å². The standard InChI is InChI=1S/C58H67BN2S/c1-53(2,3)38-20-24-40(25-21-38)60-45-35-43-42(55(7,8)28-29-56(43,9)10)34-44(45)59-49-46(60)32-37(36-18-16-15-17-19-36)33-47(49)61(41-26-22-39(23-27-41)54(4,5)6)50-48-51(62-52(50)59)58(13,14)31-30-57(48,11)12/h15-27,32-35H,28-31H2,1-14H3. The predicted molar refractivity (Wildman–Crippen MR) is 272 cm³/mol. The van der Waals surface area contributed by atoms with Crippen LogP contribution in [0.2, 0.25) is 0 Å². The van der Waals surface area contributed by atoms with E-state index in [1.165, 1.54) is 109 Å². The molecule has 0 bridgehead atoms. The Kier molecular flexibility index (Phi) is 9.03. The van der Waals surface area contributed by atoms with Crippen molar-refractivity contribution >= 4 is 67.9 Å². The fraction of sp³-hybridized carbons (Fsp3) is 0.414. The fourth-order valence-corrected chi connectivity index (χ4v) is 13.1. The van der Waals surface area contributed by atoms with E-state index in [0.717, 1.165) is 0 Å². The fourth-order valence-electron chi connectivity index (χ4n) is 11.4. The van der Waals surface area contributed by atoms with Crippen LogP contribution in [0.5, 0.6) is 0 Å². The van der Waals surface area contributed by atoms with Gasteiger partial charge in [0.1, 0.15) is 0 Å². The Labute approximate surface area is 377 Å². The quantitative estimate of drug-likeness (QED) is 0.164. The van der Waals surface area contributed by atoms with Gasteiger partial charge in [-0.25, -0.2) is 0 Å². The topological polar surface area (TPSA) is 6.48 Å². The lowest BCUT2D eigenvalue weighted by atomic mass is 9.35. The van der Waals surface area contributed by atoms with Crippen LogP contribution in [0, 0.1) is 0 Å². The third kappa shape index (κ3) is 6.31. The molecular weight excluding hydrogens is 768 g/mol. The Morgan fingerprint density at radius 2 is 0.984 bits per heavy atom. The van der Waals surface area contributed by atoms with Crippen molar-refractivity contribution in [3.8, 4) is 11.1 Å². The van der Waals surface area contributed by atoms with E-state index >= 15 is 0 Å². The van der Waals surface area contributed by atoms with Crippen molar-refractivity contribution in [3.63, 3.8) is 0 Å². The molecule has 2 aliphatic carbocycles. The van der Waals surface area contributed by atoms with Gasteiger partial charge < -0.3 is 9.80 Å². The SMILES string of the molecule is CC(C)(C)c1ccc(N2c3cc4c(cc3B3c5sc6c(c5N(c5ccc(C(C)(C)C)cc5)c5cc(-c7ccccc7)cc2c53)C(C)(C)CCC6(C)C)C(C)(C)CCC4(C)C)cc1. The first-order valence-electron chi connectivity index (χ1n) is 23.4. The van der Waals surface area contributed by atoms with E-state index < -0.39 is 0 Å². The molecule has 0 unspecified atom stereocenters. The first-order valence-corrected chi connectivity index (χ1v) is 24.2. The summed E-state index contributed by atoms with van der Waals surface area (Å²) in [5.74, 6) is 0. The van der Waals surface area contributed by atoms with Crippen LogP contribution in [0.15, 0.2) is 103 Å². The van der Waals surface area contributed by atoms with Crippen LogP contribution in [0.1, 0.15) is 155 Å². The minimum atomic E-state index is 0.0239. The van der Waals surface area contributed by atoms with Crippen molar-refractivity contribution in [1.82, 2.24) is 0 Å². The van der Waals surface area contributed by atoms with Crippen LogP contribution >= 0.6 is 11.3 Å². The molecule has 4 aliphatic rings. The average Bonchev–Trinajstić information content (AvgIpc) is 3.64. The molecule has 4 heteroatoms. The molecule has 0 atom stereocenters. The summed E-state index contributed by atoms with van der Waals surface area (Å²) >= 11 is 2.13. The van der Waals surface area contributed by atoms with Gasteiger partial charge in [0.2, 0.25) is 0 Å². The molecule has 1 aromatic heterocycles. The molecule has 6 aromatic rings. The van der Waals surface area contributed by atoms with Crippen LogP contribution in [0.3, 0.4) is 0 Å². The van der Waals surface area contributed by atoms with Crippen molar-refractivity contribution in [3.05, 3.63) is 136 Å². The van der Waals surface area contributed by atoms with E-state index in [1.807, 2.05) is 0 Å². The zero-order valence-electron chi connectivity index (χ0n) is 40.0. The third-order valence-electron chi connectivity index (χ3n) is 15.6. The van der Waals surface area contributed by atoms with E-state index in [0.29, 0.717) is 0 Å². The van der Waals surface area contributed by atoms with Crippen molar-refractivity contribution in [2.24, 2.45) is 0 Å². The van der Waals surface area contributed by atoms with Crippen LogP contribution in [-0.2, 0) is 32.5 Å². The highest BCUT2D eigenvalue weighted by Gasteiger charge is 2.52. The van der Waals surface area contributed by atoms with Gasteiger partial charge in [0.05, 0.1) is 5.69 Å². The molecule has 0 N–H and O–H groups in total.